The molecule has 2 N–H and O–H groups in total. The number of hydrogen-bond donors (Lipinski definition) is 2. The maximum Gasteiger partial charge on any atom is 0.248 e. The Morgan fingerprint density at radius 2 is 2.13 bits per heavy atom. The van der Waals surface area contributed by atoms with Gasteiger partial charge in [0.1, 0.15) is 12.4 Å². The van der Waals surface area contributed by atoms with E-state index >= 15 is 0 Å². The van der Waals surface area contributed by atoms with Crippen LogP contribution in [-0.4, -0.2) is 40.8 Å². The number of nitrogens with zero attached hydrogens (tertiary/aromatic N) is 3. The minimum atomic E-state index is -0.707. The molecule has 0 saturated heterocycles. The van der Waals surface area contributed by atoms with Gasteiger partial charge in [-0.2, -0.15) is 0 Å². The highest BCUT2D eigenvalue weighted by atomic mass is 16.5. The molecule has 0 aliphatic carbocycles. The van der Waals surface area contributed by atoms with Gasteiger partial charge in [0.15, 0.2) is 11.5 Å². The van der Waals surface area contributed by atoms with E-state index in [-0.39, 0.29) is 24.2 Å². The van der Waals surface area contributed by atoms with E-state index in [9.17, 15) is 9.59 Å². The summed E-state index contributed by atoms with van der Waals surface area (Å²) in [4.78, 5) is 24.2. The monoisotopic (exact) mass is 317 g/mol. The van der Waals surface area contributed by atoms with Crippen molar-refractivity contribution < 1.29 is 19.1 Å². The highest BCUT2D eigenvalue weighted by Crippen LogP contribution is 2.30. The van der Waals surface area contributed by atoms with Crippen molar-refractivity contribution in [1.29, 1.82) is 0 Å². The molecule has 120 valence electrons. The number of nitrogens with one attached hydrogen (secondary N) is 2. The number of benzene rings is 1. The fourth-order valence-electron chi connectivity index (χ4n) is 2.37. The van der Waals surface area contributed by atoms with Crippen molar-refractivity contribution in [1.82, 2.24) is 14.8 Å². The van der Waals surface area contributed by atoms with Crippen LogP contribution in [0, 0.1) is 0 Å². The highest BCUT2D eigenvalue weighted by Gasteiger charge is 2.31. The lowest BCUT2D eigenvalue weighted by Crippen LogP contribution is -2.35. The summed E-state index contributed by atoms with van der Waals surface area (Å²) in [5.74, 6) is 0.695. The summed E-state index contributed by atoms with van der Waals surface area (Å²) >= 11 is 0. The number of fused-ring (bicyclic) bond motifs is 1. The molecule has 9 nitrogen and oxygen atoms in total. The molecular formula is C14H15N5O4. The van der Waals surface area contributed by atoms with Crippen molar-refractivity contribution in [2.75, 3.05) is 24.9 Å². The third kappa shape index (κ3) is 2.80. The zero-order chi connectivity index (χ0) is 16.4. The fraction of sp³-hybridized carbons (Fsp3) is 0.286. The van der Waals surface area contributed by atoms with Crippen LogP contribution in [0.2, 0.25) is 0 Å². The van der Waals surface area contributed by atoms with E-state index in [0.29, 0.717) is 17.2 Å². The molecule has 1 aliphatic rings. The minimum Gasteiger partial charge on any atom is -0.493 e. The predicted octanol–water partition coefficient (Wildman–Crippen LogP) is 0.817. The number of aromatic nitrogens is 3. The smallest absolute Gasteiger partial charge is 0.248 e. The summed E-state index contributed by atoms with van der Waals surface area (Å²) in [6, 6.07) is 4.32. The first kappa shape index (κ1) is 14.8. The van der Waals surface area contributed by atoms with E-state index in [1.807, 2.05) is 0 Å². The summed E-state index contributed by atoms with van der Waals surface area (Å²) in [6.07, 6.45) is 1.43. The van der Waals surface area contributed by atoms with E-state index in [0.717, 1.165) is 0 Å². The maximum absolute atomic E-state index is 12.5. The van der Waals surface area contributed by atoms with E-state index in [4.69, 9.17) is 9.47 Å². The molecule has 1 aliphatic heterocycles. The van der Waals surface area contributed by atoms with Gasteiger partial charge in [0, 0.05) is 11.8 Å². The lowest BCUT2D eigenvalue weighted by molar-refractivity contribution is -0.125. The van der Waals surface area contributed by atoms with Gasteiger partial charge in [-0.1, -0.05) is 0 Å². The van der Waals surface area contributed by atoms with Crippen LogP contribution < -0.4 is 20.1 Å². The quantitative estimate of drug-likeness (QED) is 0.864. The van der Waals surface area contributed by atoms with Crippen LogP contribution in [0.3, 0.4) is 0 Å². The third-order valence-corrected chi connectivity index (χ3v) is 3.49. The molecule has 1 aromatic carbocycles. The van der Waals surface area contributed by atoms with Crippen LogP contribution in [0.25, 0.3) is 0 Å². The Hall–Kier alpha value is -3.10. The number of amides is 2. The van der Waals surface area contributed by atoms with Crippen LogP contribution in [0.15, 0.2) is 24.5 Å². The average Bonchev–Trinajstić information content (AvgIpc) is 3.01. The van der Waals surface area contributed by atoms with E-state index in [1.165, 1.54) is 25.1 Å². The van der Waals surface area contributed by atoms with Gasteiger partial charge in [-0.3, -0.25) is 19.5 Å². The first-order valence-corrected chi connectivity index (χ1v) is 6.84. The number of anilines is 2. The zero-order valence-corrected chi connectivity index (χ0v) is 12.6. The number of rotatable bonds is 4. The van der Waals surface area contributed by atoms with Crippen LogP contribution in [0.5, 0.6) is 11.5 Å². The normalized spacial score (nSPS) is 16.3. The summed E-state index contributed by atoms with van der Waals surface area (Å²) in [6.45, 7) is 0. The van der Waals surface area contributed by atoms with E-state index in [2.05, 4.69) is 20.8 Å². The number of hydrogen-bond acceptors (Lipinski definition) is 6. The molecule has 2 aromatic rings. The Balaban J connectivity index is 1.81. The summed E-state index contributed by atoms with van der Waals surface area (Å²) in [7, 11) is 3.04. The Kier molecular flexibility index (Phi) is 3.83. The standard InChI is InChI=1S/C14H15N5O4/c1-22-10-4-3-8(5-11(10)23-2)16-13(21)9-6-12(20)17-14-18-15-7-19(9)14/h3-5,7,9H,6H2,1-2H3,(H,16,21)(H,17,18,20)/t9-/m0/s1. The summed E-state index contributed by atoms with van der Waals surface area (Å²) in [5, 5.41) is 12.8. The fourth-order valence-corrected chi connectivity index (χ4v) is 2.37. The molecule has 0 unspecified atom stereocenters. The molecule has 2 heterocycles. The molecule has 1 atom stereocenters. The minimum absolute atomic E-state index is 0.0180. The molecule has 0 bridgehead atoms. The molecule has 0 radical (unpaired) electrons. The van der Waals surface area contributed by atoms with Crippen molar-refractivity contribution in [2.24, 2.45) is 0 Å². The van der Waals surface area contributed by atoms with Crippen molar-refractivity contribution in [3.8, 4) is 11.5 Å². The van der Waals surface area contributed by atoms with Crippen molar-refractivity contribution >= 4 is 23.5 Å². The van der Waals surface area contributed by atoms with Crippen LogP contribution in [-0.2, 0) is 9.59 Å². The SMILES string of the molecule is COc1ccc(NC(=O)[C@@H]2CC(=O)Nc3nncn32)cc1OC. The second-order valence-electron chi connectivity index (χ2n) is 4.89. The second kappa shape index (κ2) is 5.95. The number of ether oxygens (including phenoxy) is 2. The molecular weight excluding hydrogens is 302 g/mol. The summed E-state index contributed by atoms with van der Waals surface area (Å²) < 4.78 is 11.9. The highest BCUT2D eigenvalue weighted by molar-refractivity contribution is 6.00. The van der Waals surface area contributed by atoms with E-state index < -0.39 is 6.04 Å². The van der Waals surface area contributed by atoms with Crippen LogP contribution in [0.4, 0.5) is 11.6 Å². The maximum atomic E-state index is 12.5. The zero-order valence-electron chi connectivity index (χ0n) is 12.6. The first-order chi connectivity index (χ1) is 11.1. The topological polar surface area (TPSA) is 107 Å². The third-order valence-electron chi connectivity index (χ3n) is 3.49. The molecule has 0 spiro atoms. The van der Waals surface area contributed by atoms with Crippen LogP contribution in [0.1, 0.15) is 12.5 Å². The lowest BCUT2D eigenvalue weighted by Gasteiger charge is -2.23. The predicted molar refractivity (Wildman–Crippen MR) is 80.5 cm³/mol. The number of carbonyl (C=O) groups excluding carboxylic acids is 2. The Bertz CT molecular complexity index is 757. The van der Waals surface area contributed by atoms with Gasteiger partial charge in [0.2, 0.25) is 17.8 Å². The van der Waals surface area contributed by atoms with Gasteiger partial charge in [0.25, 0.3) is 0 Å². The van der Waals surface area contributed by atoms with Gasteiger partial charge in [0.05, 0.1) is 20.6 Å². The molecule has 1 aromatic heterocycles. The molecule has 23 heavy (non-hydrogen) atoms. The van der Waals surface area contributed by atoms with E-state index in [1.54, 1.807) is 18.2 Å². The Morgan fingerprint density at radius 1 is 1.35 bits per heavy atom. The van der Waals surface area contributed by atoms with Gasteiger partial charge < -0.3 is 14.8 Å². The molecule has 3 rings (SSSR count). The Morgan fingerprint density at radius 3 is 2.87 bits per heavy atom. The number of methoxy groups -OCH3 is 2. The van der Waals surface area contributed by atoms with Crippen molar-refractivity contribution in [3.63, 3.8) is 0 Å². The second-order valence-corrected chi connectivity index (χ2v) is 4.89. The van der Waals surface area contributed by atoms with Gasteiger partial charge >= 0.3 is 0 Å². The van der Waals surface area contributed by atoms with Gasteiger partial charge in [-0.05, 0) is 12.1 Å². The summed E-state index contributed by atoms with van der Waals surface area (Å²) in [5.41, 5.74) is 0.535. The van der Waals surface area contributed by atoms with Gasteiger partial charge in [-0.25, -0.2) is 0 Å². The average molecular weight is 317 g/mol. The van der Waals surface area contributed by atoms with Crippen molar-refractivity contribution in [2.45, 2.75) is 12.5 Å². The van der Waals surface area contributed by atoms with Gasteiger partial charge in [-0.15, -0.1) is 10.2 Å². The largest absolute Gasteiger partial charge is 0.493 e. The molecule has 9 heteroatoms. The molecule has 0 saturated carbocycles. The van der Waals surface area contributed by atoms with Crippen molar-refractivity contribution in [3.05, 3.63) is 24.5 Å². The Labute approximate surface area is 131 Å². The lowest BCUT2D eigenvalue weighted by atomic mass is 10.1. The first-order valence-electron chi connectivity index (χ1n) is 6.84. The number of carbonyl (C=O) groups is 2. The molecule has 2 amide bonds. The molecule has 0 fully saturated rings. The van der Waals surface area contributed by atoms with Crippen LogP contribution >= 0.6 is 0 Å².